The van der Waals surface area contributed by atoms with Crippen LogP contribution in [-0.2, 0) is 11.2 Å². The average molecular weight is 337 g/mol. The zero-order valence-electron chi connectivity index (χ0n) is 13.5. The number of nitrogens with zero attached hydrogens (tertiary/aromatic N) is 4. The maximum atomic E-state index is 10.2. The van der Waals surface area contributed by atoms with Crippen molar-refractivity contribution in [3.8, 4) is 0 Å². The first-order valence-electron chi connectivity index (χ1n) is 8.18. The van der Waals surface area contributed by atoms with E-state index in [0.29, 0.717) is 23.4 Å². The normalized spacial score (nSPS) is 27.2. The molecule has 0 aromatic carbocycles. The first-order valence-corrected chi connectivity index (χ1v) is 8.18. The first-order chi connectivity index (χ1) is 11.6. The van der Waals surface area contributed by atoms with Crippen LogP contribution in [0.2, 0.25) is 0 Å². The van der Waals surface area contributed by atoms with Crippen molar-refractivity contribution in [2.24, 2.45) is 0 Å². The van der Waals surface area contributed by atoms with E-state index in [1.54, 1.807) is 0 Å². The van der Waals surface area contributed by atoms with Gasteiger partial charge in [-0.25, -0.2) is 15.0 Å². The van der Waals surface area contributed by atoms with E-state index in [-0.39, 0.29) is 12.4 Å². The van der Waals surface area contributed by atoms with Crippen LogP contribution in [0.15, 0.2) is 6.33 Å². The van der Waals surface area contributed by atoms with E-state index in [1.807, 2.05) is 0 Å². The number of nitrogens with two attached hydrogens (primary N) is 1. The minimum Gasteiger partial charge on any atom is -0.394 e. The van der Waals surface area contributed by atoms with Gasteiger partial charge in [0, 0.05) is 6.42 Å². The Kier molecular flexibility index (Phi) is 4.95. The van der Waals surface area contributed by atoms with E-state index in [1.165, 1.54) is 10.9 Å². The van der Waals surface area contributed by atoms with Crippen LogP contribution in [0.3, 0.4) is 0 Å². The molecule has 132 valence electrons. The number of nitrogen functional groups attached to an aromatic ring is 1. The van der Waals surface area contributed by atoms with Crippen LogP contribution < -0.4 is 5.73 Å². The van der Waals surface area contributed by atoms with E-state index in [2.05, 4.69) is 21.9 Å². The SMILES string of the molecule is CCCCCc1nc(N)c2ncn([C@@H]3O[C@H](CO)C(O)C3O)c2n1. The quantitative estimate of drug-likeness (QED) is 0.529. The van der Waals surface area contributed by atoms with Gasteiger partial charge in [0.15, 0.2) is 17.7 Å². The number of unbranched alkanes of at least 4 members (excludes halogenated alkanes) is 2. The number of hydrogen-bond acceptors (Lipinski definition) is 8. The Hall–Kier alpha value is -1.81. The van der Waals surface area contributed by atoms with Gasteiger partial charge >= 0.3 is 0 Å². The van der Waals surface area contributed by atoms with Crippen LogP contribution in [-0.4, -0.2) is 59.8 Å². The second-order valence-corrected chi connectivity index (χ2v) is 6.04. The summed E-state index contributed by atoms with van der Waals surface area (Å²) in [5, 5.41) is 29.3. The van der Waals surface area contributed by atoms with E-state index >= 15 is 0 Å². The summed E-state index contributed by atoms with van der Waals surface area (Å²) in [4.78, 5) is 13.0. The monoisotopic (exact) mass is 337 g/mol. The van der Waals surface area contributed by atoms with Crippen molar-refractivity contribution in [2.75, 3.05) is 12.3 Å². The highest BCUT2D eigenvalue weighted by Crippen LogP contribution is 2.32. The predicted octanol–water partition coefficient (Wildman–Crippen LogP) is -0.247. The Labute approximate surface area is 139 Å². The number of rotatable bonds is 6. The summed E-state index contributed by atoms with van der Waals surface area (Å²) in [5.41, 5.74) is 6.84. The molecule has 0 bridgehead atoms. The molecule has 0 radical (unpaired) electrons. The standard InChI is InChI=1S/C15H23N5O4/c1-2-3-4-5-9-18-13(16)10-14(19-9)20(7-17-10)15-12(23)11(22)8(6-21)24-15/h7-8,11-12,15,21-23H,2-6H2,1H3,(H2,16,18,19)/t8-,11?,12?,15-/m1/s1. The fourth-order valence-electron chi connectivity index (χ4n) is 2.93. The molecule has 24 heavy (non-hydrogen) atoms. The average Bonchev–Trinajstić information content (AvgIpc) is 3.10. The Morgan fingerprint density at radius 1 is 1.25 bits per heavy atom. The Balaban J connectivity index is 1.94. The molecule has 2 unspecified atom stereocenters. The number of aliphatic hydroxyl groups is 3. The molecule has 1 saturated heterocycles. The summed E-state index contributed by atoms with van der Waals surface area (Å²) in [6.07, 6.45) is 1.17. The molecule has 3 rings (SSSR count). The van der Waals surface area contributed by atoms with Crippen LogP contribution in [0.5, 0.6) is 0 Å². The fourth-order valence-corrected chi connectivity index (χ4v) is 2.93. The van der Waals surface area contributed by atoms with Crippen LogP contribution in [0, 0.1) is 0 Å². The Bertz CT molecular complexity index is 706. The molecular formula is C15H23N5O4. The molecule has 3 heterocycles. The molecule has 5 N–H and O–H groups in total. The maximum Gasteiger partial charge on any atom is 0.167 e. The van der Waals surface area contributed by atoms with Gasteiger partial charge < -0.3 is 25.8 Å². The van der Waals surface area contributed by atoms with Crippen molar-refractivity contribution in [1.29, 1.82) is 0 Å². The highest BCUT2D eigenvalue weighted by atomic mass is 16.6. The molecule has 0 saturated carbocycles. The van der Waals surface area contributed by atoms with Crippen molar-refractivity contribution >= 4 is 17.0 Å². The smallest absolute Gasteiger partial charge is 0.167 e. The molecule has 9 heteroatoms. The molecule has 0 spiro atoms. The highest BCUT2D eigenvalue weighted by Gasteiger charge is 2.44. The zero-order chi connectivity index (χ0) is 17.3. The minimum absolute atomic E-state index is 0.275. The minimum atomic E-state index is -1.20. The lowest BCUT2D eigenvalue weighted by molar-refractivity contribution is -0.0511. The molecule has 0 aliphatic carbocycles. The number of fused-ring (bicyclic) bond motifs is 1. The zero-order valence-corrected chi connectivity index (χ0v) is 13.5. The fraction of sp³-hybridized carbons (Fsp3) is 0.667. The topological polar surface area (TPSA) is 140 Å². The van der Waals surface area contributed by atoms with Crippen LogP contribution >= 0.6 is 0 Å². The van der Waals surface area contributed by atoms with Crippen molar-refractivity contribution in [1.82, 2.24) is 19.5 Å². The second-order valence-electron chi connectivity index (χ2n) is 6.04. The number of anilines is 1. The lowest BCUT2D eigenvalue weighted by atomic mass is 10.1. The maximum absolute atomic E-state index is 10.2. The number of ether oxygens (including phenoxy) is 1. The highest BCUT2D eigenvalue weighted by molar-refractivity contribution is 5.81. The summed E-state index contributed by atoms with van der Waals surface area (Å²) in [7, 11) is 0. The van der Waals surface area contributed by atoms with Gasteiger partial charge in [-0.2, -0.15) is 0 Å². The molecule has 0 amide bonds. The van der Waals surface area contributed by atoms with Gasteiger partial charge in [0.1, 0.15) is 29.7 Å². The van der Waals surface area contributed by atoms with Crippen LogP contribution in [0.4, 0.5) is 5.82 Å². The van der Waals surface area contributed by atoms with Gasteiger partial charge in [0.2, 0.25) is 0 Å². The number of aromatic nitrogens is 4. The van der Waals surface area contributed by atoms with Crippen molar-refractivity contribution in [3.63, 3.8) is 0 Å². The van der Waals surface area contributed by atoms with Gasteiger partial charge in [0.25, 0.3) is 0 Å². The van der Waals surface area contributed by atoms with E-state index in [9.17, 15) is 15.3 Å². The predicted molar refractivity (Wildman–Crippen MR) is 86.0 cm³/mol. The molecule has 4 atom stereocenters. The summed E-state index contributed by atoms with van der Waals surface area (Å²) in [5.74, 6) is 0.888. The molecule has 1 aliphatic rings. The Morgan fingerprint density at radius 2 is 2.04 bits per heavy atom. The van der Waals surface area contributed by atoms with Crippen LogP contribution in [0.1, 0.15) is 38.2 Å². The van der Waals surface area contributed by atoms with E-state index in [4.69, 9.17) is 10.5 Å². The molecule has 2 aromatic heterocycles. The molecule has 9 nitrogen and oxygen atoms in total. The second kappa shape index (κ2) is 6.98. The third-order valence-corrected chi connectivity index (χ3v) is 4.29. The Morgan fingerprint density at radius 3 is 2.71 bits per heavy atom. The number of imidazole rings is 1. The third kappa shape index (κ3) is 2.95. The van der Waals surface area contributed by atoms with Gasteiger partial charge in [-0.05, 0) is 6.42 Å². The van der Waals surface area contributed by atoms with E-state index < -0.39 is 24.5 Å². The number of aryl methyl sites for hydroxylation is 1. The van der Waals surface area contributed by atoms with Crippen molar-refractivity contribution in [3.05, 3.63) is 12.2 Å². The summed E-state index contributed by atoms with van der Waals surface area (Å²) >= 11 is 0. The molecule has 2 aromatic rings. The number of aliphatic hydroxyl groups excluding tert-OH is 3. The molecule has 1 fully saturated rings. The lowest BCUT2D eigenvalue weighted by Gasteiger charge is -2.16. The van der Waals surface area contributed by atoms with Crippen molar-refractivity contribution in [2.45, 2.75) is 57.1 Å². The number of hydrogen-bond donors (Lipinski definition) is 4. The van der Waals surface area contributed by atoms with Gasteiger partial charge in [0.05, 0.1) is 12.9 Å². The summed E-state index contributed by atoms with van der Waals surface area (Å²) in [6, 6.07) is 0. The van der Waals surface area contributed by atoms with Crippen LogP contribution in [0.25, 0.3) is 11.2 Å². The lowest BCUT2D eigenvalue weighted by Crippen LogP contribution is -2.33. The van der Waals surface area contributed by atoms with Gasteiger partial charge in [-0.15, -0.1) is 0 Å². The molecular weight excluding hydrogens is 314 g/mol. The van der Waals surface area contributed by atoms with Gasteiger partial charge in [-0.3, -0.25) is 4.57 Å². The molecule has 1 aliphatic heterocycles. The van der Waals surface area contributed by atoms with Crippen molar-refractivity contribution < 1.29 is 20.1 Å². The largest absolute Gasteiger partial charge is 0.394 e. The van der Waals surface area contributed by atoms with Gasteiger partial charge in [-0.1, -0.05) is 19.8 Å². The summed E-state index contributed by atoms with van der Waals surface area (Å²) < 4.78 is 7.07. The van der Waals surface area contributed by atoms with E-state index in [0.717, 1.165) is 19.3 Å². The summed E-state index contributed by atoms with van der Waals surface area (Å²) in [6.45, 7) is 1.73. The third-order valence-electron chi connectivity index (χ3n) is 4.29. The first kappa shape index (κ1) is 17.0.